The van der Waals surface area contributed by atoms with Crippen LogP contribution in [-0.4, -0.2) is 23.0 Å². The zero-order valence-electron chi connectivity index (χ0n) is 11.4. The van der Waals surface area contributed by atoms with Crippen LogP contribution in [0.15, 0.2) is 0 Å². The van der Waals surface area contributed by atoms with Crippen molar-refractivity contribution in [2.24, 2.45) is 5.41 Å². The minimum absolute atomic E-state index is 0.00903. The number of carboxylic acid groups (broad SMARTS) is 1. The maximum absolute atomic E-state index is 10.9. The van der Waals surface area contributed by atoms with E-state index in [9.17, 15) is 9.59 Å². The lowest BCUT2D eigenvalue weighted by Gasteiger charge is -2.19. The highest BCUT2D eigenvalue weighted by Crippen LogP contribution is 2.22. The van der Waals surface area contributed by atoms with E-state index in [1.807, 2.05) is 0 Å². The van der Waals surface area contributed by atoms with E-state index in [2.05, 4.69) is 26.1 Å². The van der Waals surface area contributed by atoms with Gasteiger partial charge in [0.1, 0.15) is 0 Å². The van der Waals surface area contributed by atoms with Gasteiger partial charge in [-0.1, -0.05) is 33.6 Å². The Labute approximate surface area is 104 Å². The van der Waals surface area contributed by atoms with Gasteiger partial charge in [0, 0.05) is 13.0 Å². The lowest BCUT2D eigenvalue weighted by Crippen LogP contribution is -2.34. The highest BCUT2D eigenvalue weighted by molar-refractivity contribution is 5.74. The minimum atomic E-state index is -0.862. The monoisotopic (exact) mass is 243 g/mol. The first kappa shape index (κ1) is 15.9. The summed E-state index contributed by atoms with van der Waals surface area (Å²) in [6.45, 7) is 7.99. The molecular formula is C13H25NO3. The molecule has 0 aromatic rings. The van der Waals surface area contributed by atoms with Gasteiger partial charge >= 0.3 is 5.97 Å². The Kier molecular flexibility index (Phi) is 6.85. The summed E-state index contributed by atoms with van der Waals surface area (Å²) in [4.78, 5) is 21.6. The fourth-order valence-corrected chi connectivity index (χ4v) is 1.77. The molecule has 0 saturated carbocycles. The molecule has 0 aliphatic rings. The number of rotatable bonds is 7. The average Bonchev–Trinajstić information content (AvgIpc) is 2.08. The molecule has 0 aromatic carbocycles. The summed E-state index contributed by atoms with van der Waals surface area (Å²) in [5.41, 5.74) is 0.316. The molecule has 0 saturated heterocycles. The summed E-state index contributed by atoms with van der Waals surface area (Å²) in [5.74, 6) is -1.02. The van der Waals surface area contributed by atoms with Crippen LogP contribution in [0.2, 0.25) is 0 Å². The van der Waals surface area contributed by atoms with Gasteiger partial charge in [0.25, 0.3) is 0 Å². The Morgan fingerprint density at radius 2 is 1.82 bits per heavy atom. The summed E-state index contributed by atoms with van der Waals surface area (Å²) in [6, 6.07) is -0.232. The molecule has 4 nitrogen and oxygen atoms in total. The summed E-state index contributed by atoms with van der Waals surface area (Å²) >= 11 is 0. The van der Waals surface area contributed by atoms with Crippen LogP contribution in [0.25, 0.3) is 0 Å². The summed E-state index contributed by atoms with van der Waals surface area (Å²) in [5, 5.41) is 11.4. The molecule has 0 rings (SSSR count). The number of carbonyl (C=O) groups is 2. The molecule has 1 amide bonds. The van der Waals surface area contributed by atoms with Crippen LogP contribution in [-0.2, 0) is 9.59 Å². The maximum Gasteiger partial charge on any atom is 0.305 e. The first-order valence-corrected chi connectivity index (χ1v) is 6.19. The number of carbonyl (C=O) groups excluding carboxylic acids is 1. The molecule has 0 fully saturated rings. The van der Waals surface area contributed by atoms with Gasteiger partial charge in [-0.15, -0.1) is 0 Å². The van der Waals surface area contributed by atoms with Crippen molar-refractivity contribution in [2.45, 2.75) is 65.8 Å². The predicted octanol–water partition coefficient (Wildman–Crippen LogP) is 2.57. The van der Waals surface area contributed by atoms with Crippen molar-refractivity contribution >= 4 is 11.9 Å². The Balaban J connectivity index is 3.91. The van der Waals surface area contributed by atoms with Crippen molar-refractivity contribution in [2.75, 3.05) is 0 Å². The van der Waals surface area contributed by atoms with Gasteiger partial charge in [-0.3, -0.25) is 9.59 Å². The number of amides is 1. The Morgan fingerprint density at radius 1 is 1.24 bits per heavy atom. The molecule has 4 heteroatoms. The average molecular weight is 243 g/mol. The molecule has 0 aliphatic carbocycles. The van der Waals surface area contributed by atoms with Crippen molar-refractivity contribution < 1.29 is 14.7 Å². The normalized spacial score (nSPS) is 13.2. The van der Waals surface area contributed by atoms with E-state index < -0.39 is 5.97 Å². The van der Waals surface area contributed by atoms with Crippen LogP contribution in [0.1, 0.15) is 59.8 Å². The molecule has 17 heavy (non-hydrogen) atoms. The lowest BCUT2D eigenvalue weighted by molar-refractivity contribution is -0.137. The smallest absolute Gasteiger partial charge is 0.305 e. The van der Waals surface area contributed by atoms with Gasteiger partial charge in [-0.05, 0) is 18.3 Å². The summed E-state index contributed by atoms with van der Waals surface area (Å²) < 4.78 is 0. The van der Waals surface area contributed by atoms with Crippen molar-refractivity contribution in [1.82, 2.24) is 5.32 Å². The minimum Gasteiger partial charge on any atom is -0.481 e. The van der Waals surface area contributed by atoms with E-state index in [0.717, 1.165) is 25.7 Å². The third-order valence-electron chi connectivity index (χ3n) is 2.56. The number of hydrogen-bond donors (Lipinski definition) is 2. The van der Waals surface area contributed by atoms with E-state index in [0.29, 0.717) is 5.41 Å². The highest BCUT2D eigenvalue weighted by Gasteiger charge is 2.15. The van der Waals surface area contributed by atoms with Crippen molar-refractivity contribution in [3.8, 4) is 0 Å². The van der Waals surface area contributed by atoms with Crippen molar-refractivity contribution in [3.05, 3.63) is 0 Å². The zero-order valence-corrected chi connectivity index (χ0v) is 11.4. The maximum atomic E-state index is 10.9. The van der Waals surface area contributed by atoms with Crippen LogP contribution in [0.3, 0.4) is 0 Å². The third kappa shape index (κ3) is 11.2. The van der Waals surface area contributed by atoms with Crippen LogP contribution < -0.4 is 5.32 Å². The summed E-state index contributed by atoms with van der Waals surface area (Å²) in [6.07, 6.45) is 3.89. The fourth-order valence-electron chi connectivity index (χ4n) is 1.77. The van der Waals surface area contributed by atoms with E-state index in [-0.39, 0.29) is 18.4 Å². The van der Waals surface area contributed by atoms with Gasteiger partial charge < -0.3 is 10.4 Å². The first-order valence-electron chi connectivity index (χ1n) is 6.19. The van der Waals surface area contributed by atoms with Gasteiger partial charge in [-0.25, -0.2) is 0 Å². The molecular weight excluding hydrogens is 218 g/mol. The molecule has 1 unspecified atom stereocenters. The number of hydrogen-bond acceptors (Lipinski definition) is 2. The Bertz CT molecular complexity index is 240. The molecule has 0 aromatic heterocycles. The SMILES string of the molecule is CC(=O)NC(CCCCC(C)(C)C)CC(=O)O. The van der Waals surface area contributed by atoms with Gasteiger partial charge in [0.15, 0.2) is 0 Å². The number of unbranched alkanes of at least 4 members (excludes halogenated alkanes) is 1. The second kappa shape index (κ2) is 7.30. The zero-order chi connectivity index (χ0) is 13.5. The van der Waals surface area contributed by atoms with Gasteiger partial charge in [0.2, 0.25) is 5.91 Å². The van der Waals surface area contributed by atoms with Crippen LogP contribution >= 0.6 is 0 Å². The number of carboxylic acids is 1. The first-order chi connectivity index (χ1) is 7.70. The molecule has 0 bridgehead atoms. The molecule has 0 radical (unpaired) electrons. The Morgan fingerprint density at radius 3 is 2.24 bits per heavy atom. The van der Waals surface area contributed by atoms with Gasteiger partial charge in [0.05, 0.1) is 6.42 Å². The summed E-state index contributed by atoms with van der Waals surface area (Å²) in [7, 11) is 0. The third-order valence-corrected chi connectivity index (χ3v) is 2.56. The fraction of sp³-hybridized carbons (Fsp3) is 0.846. The van der Waals surface area contributed by atoms with Crippen LogP contribution in [0.4, 0.5) is 0 Å². The van der Waals surface area contributed by atoms with E-state index in [1.54, 1.807) is 0 Å². The predicted molar refractivity (Wildman–Crippen MR) is 67.8 cm³/mol. The molecule has 100 valence electrons. The topological polar surface area (TPSA) is 66.4 Å². The van der Waals surface area contributed by atoms with E-state index in [1.165, 1.54) is 6.92 Å². The standard InChI is InChI=1S/C13H25NO3/c1-10(15)14-11(9-12(16)17)7-5-6-8-13(2,3)4/h11H,5-9H2,1-4H3,(H,14,15)(H,16,17). The molecule has 0 aliphatic heterocycles. The molecule has 1 atom stereocenters. The van der Waals surface area contributed by atoms with Gasteiger partial charge in [-0.2, -0.15) is 0 Å². The molecule has 0 heterocycles. The number of aliphatic carboxylic acids is 1. The highest BCUT2D eigenvalue weighted by atomic mass is 16.4. The quantitative estimate of drug-likeness (QED) is 0.675. The van der Waals surface area contributed by atoms with Crippen molar-refractivity contribution in [1.29, 1.82) is 0 Å². The van der Waals surface area contributed by atoms with Crippen LogP contribution in [0, 0.1) is 5.41 Å². The van der Waals surface area contributed by atoms with E-state index in [4.69, 9.17) is 5.11 Å². The second-order valence-electron chi connectivity index (χ2n) is 5.80. The van der Waals surface area contributed by atoms with Crippen molar-refractivity contribution in [3.63, 3.8) is 0 Å². The van der Waals surface area contributed by atoms with E-state index >= 15 is 0 Å². The largest absolute Gasteiger partial charge is 0.481 e. The Hall–Kier alpha value is -1.06. The van der Waals surface area contributed by atoms with Crippen LogP contribution in [0.5, 0.6) is 0 Å². The lowest BCUT2D eigenvalue weighted by atomic mass is 9.89. The second-order valence-corrected chi connectivity index (χ2v) is 5.80. The molecule has 2 N–H and O–H groups in total. The number of nitrogens with one attached hydrogen (secondary N) is 1. The molecule has 0 spiro atoms.